The summed E-state index contributed by atoms with van der Waals surface area (Å²) in [6.45, 7) is 2.00. The van der Waals surface area contributed by atoms with Gasteiger partial charge in [-0.1, -0.05) is 19.8 Å². The number of imide groups is 1. The van der Waals surface area contributed by atoms with E-state index in [9.17, 15) is 14.4 Å². The van der Waals surface area contributed by atoms with E-state index >= 15 is 0 Å². The van der Waals surface area contributed by atoms with Crippen molar-refractivity contribution >= 4 is 17.9 Å². The summed E-state index contributed by atoms with van der Waals surface area (Å²) >= 11 is 0. The quantitative estimate of drug-likeness (QED) is 0.625. The summed E-state index contributed by atoms with van der Waals surface area (Å²) in [5, 5.41) is 13.4. The molecule has 3 N–H and O–H groups in total. The van der Waals surface area contributed by atoms with Crippen LogP contribution in [0.15, 0.2) is 0 Å². The lowest BCUT2D eigenvalue weighted by molar-refractivity contribution is -0.137. The van der Waals surface area contributed by atoms with E-state index in [4.69, 9.17) is 5.11 Å². The molecule has 0 aromatic heterocycles. The first-order valence-electron chi connectivity index (χ1n) is 6.83. The fourth-order valence-corrected chi connectivity index (χ4v) is 1.89. The number of nitrogens with one attached hydrogen (secondary N) is 2. The molecule has 1 saturated carbocycles. The van der Waals surface area contributed by atoms with Gasteiger partial charge in [-0.05, 0) is 25.2 Å². The zero-order valence-corrected chi connectivity index (χ0v) is 11.3. The molecule has 0 aromatic rings. The lowest BCUT2D eigenvalue weighted by Gasteiger charge is -2.16. The Morgan fingerprint density at radius 1 is 1.26 bits per heavy atom. The molecular formula is C13H22N2O4. The molecule has 1 atom stereocenters. The van der Waals surface area contributed by atoms with Crippen molar-refractivity contribution in [2.24, 2.45) is 5.92 Å². The smallest absolute Gasteiger partial charge is 0.321 e. The lowest BCUT2D eigenvalue weighted by atomic mass is 10.1. The first-order chi connectivity index (χ1) is 9.01. The van der Waals surface area contributed by atoms with Crippen LogP contribution in [-0.4, -0.2) is 29.1 Å². The number of hydrogen-bond donors (Lipinski definition) is 3. The predicted octanol–water partition coefficient (Wildman–Crippen LogP) is 1.65. The van der Waals surface area contributed by atoms with E-state index < -0.39 is 17.9 Å². The van der Waals surface area contributed by atoms with Crippen LogP contribution in [0.1, 0.15) is 51.9 Å². The second-order valence-electron chi connectivity index (χ2n) is 5.05. The van der Waals surface area contributed by atoms with E-state index in [1.54, 1.807) is 0 Å². The Bertz CT molecular complexity index is 340. The van der Waals surface area contributed by atoms with Gasteiger partial charge < -0.3 is 10.4 Å². The van der Waals surface area contributed by atoms with Gasteiger partial charge in [0.2, 0.25) is 5.91 Å². The second-order valence-corrected chi connectivity index (χ2v) is 5.05. The van der Waals surface area contributed by atoms with Crippen molar-refractivity contribution in [1.82, 2.24) is 10.6 Å². The summed E-state index contributed by atoms with van der Waals surface area (Å²) in [6.07, 6.45) is 4.51. The maximum Gasteiger partial charge on any atom is 0.321 e. The van der Waals surface area contributed by atoms with Gasteiger partial charge in [0.1, 0.15) is 0 Å². The Balaban J connectivity index is 2.17. The van der Waals surface area contributed by atoms with Crippen molar-refractivity contribution in [2.45, 2.75) is 57.9 Å². The van der Waals surface area contributed by atoms with Gasteiger partial charge >= 0.3 is 12.0 Å². The van der Waals surface area contributed by atoms with E-state index in [1.807, 2.05) is 6.92 Å². The minimum atomic E-state index is -0.937. The molecule has 0 saturated heterocycles. The third-order valence-electron chi connectivity index (χ3n) is 3.19. The Hall–Kier alpha value is -1.59. The highest BCUT2D eigenvalue weighted by molar-refractivity contribution is 5.94. The molecule has 1 fully saturated rings. The number of carbonyl (C=O) groups excluding carboxylic acids is 2. The van der Waals surface area contributed by atoms with Crippen LogP contribution >= 0.6 is 0 Å². The number of carboxylic acid groups (broad SMARTS) is 1. The highest BCUT2D eigenvalue weighted by Crippen LogP contribution is 2.33. The minimum absolute atomic E-state index is 0.0547. The van der Waals surface area contributed by atoms with E-state index in [0.29, 0.717) is 0 Å². The van der Waals surface area contributed by atoms with E-state index in [2.05, 4.69) is 10.6 Å². The zero-order valence-electron chi connectivity index (χ0n) is 11.3. The van der Waals surface area contributed by atoms with Gasteiger partial charge in [0.05, 0.1) is 0 Å². The zero-order chi connectivity index (χ0) is 14.3. The molecule has 0 aromatic carbocycles. The summed E-state index contributed by atoms with van der Waals surface area (Å²) in [6, 6.07) is -0.368. The monoisotopic (exact) mass is 270 g/mol. The molecular weight excluding hydrogens is 248 g/mol. The molecule has 0 bridgehead atoms. The molecule has 1 aliphatic rings. The number of aliphatic carboxylic acids is 1. The molecule has 0 radical (unpaired) electrons. The summed E-state index contributed by atoms with van der Waals surface area (Å²) < 4.78 is 0. The van der Waals surface area contributed by atoms with E-state index in [-0.39, 0.29) is 25.3 Å². The van der Waals surface area contributed by atoms with Crippen molar-refractivity contribution in [2.75, 3.05) is 0 Å². The molecule has 19 heavy (non-hydrogen) atoms. The second kappa shape index (κ2) is 7.76. The van der Waals surface area contributed by atoms with Crippen molar-refractivity contribution in [3.63, 3.8) is 0 Å². The van der Waals surface area contributed by atoms with Gasteiger partial charge in [-0.3, -0.25) is 14.9 Å². The standard InChI is InChI=1S/C13H22N2O4/c1-2-10(8-9-6-7-9)14-13(19)15-11(16)4-3-5-12(17)18/h9-10H,2-8H2,1H3,(H,17,18)(H2,14,15,16,19). The molecule has 6 nitrogen and oxygen atoms in total. The first-order valence-corrected chi connectivity index (χ1v) is 6.83. The number of hydrogen-bond acceptors (Lipinski definition) is 3. The van der Waals surface area contributed by atoms with Crippen molar-refractivity contribution < 1.29 is 19.5 Å². The largest absolute Gasteiger partial charge is 0.481 e. The van der Waals surface area contributed by atoms with Crippen LogP contribution < -0.4 is 10.6 Å². The maximum atomic E-state index is 11.6. The number of urea groups is 1. The minimum Gasteiger partial charge on any atom is -0.481 e. The summed E-state index contributed by atoms with van der Waals surface area (Å²) in [7, 11) is 0. The molecule has 1 rings (SSSR count). The molecule has 0 heterocycles. The third kappa shape index (κ3) is 7.43. The number of amides is 3. The molecule has 1 aliphatic carbocycles. The van der Waals surface area contributed by atoms with Gasteiger partial charge in [-0.15, -0.1) is 0 Å². The van der Waals surface area contributed by atoms with Crippen molar-refractivity contribution in [3.05, 3.63) is 0 Å². The Labute approximate surface area is 112 Å². The molecule has 3 amide bonds. The van der Waals surface area contributed by atoms with Gasteiger partial charge in [-0.2, -0.15) is 0 Å². The molecule has 1 unspecified atom stereocenters. The van der Waals surface area contributed by atoms with Crippen LogP contribution in [0, 0.1) is 5.92 Å². The topological polar surface area (TPSA) is 95.5 Å². The number of carboxylic acids is 1. The van der Waals surface area contributed by atoms with Crippen LogP contribution in [0.3, 0.4) is 0 Å². The van der Waals surface area contributed by atoms with Crippen LogP contribution in [0.5, 0.6) is 0 Å². The summed E-state index contributed by atoms with van der Waals surface area (Å²) in [4.78, 5) is 33.2. The average Bonchev–Trinajstić information content (AvgIpc) is 3.11. The van der Waals surface area contributed by atoms with Crippen molar-refractivity contribution in [3.8, 4) is 0 Å². The Kier molecular flexibility index (Phi) is 6.32. The molecule has 6 heteroatoms. The highest BCUT2D eigenvalue weighted by atomic mass is 16.4. The Morgan fingerprint density at radius 2 is 1.95 bits per heavy atom. The maximum absolute atomic E-state index is 11.6. The van der Waals surface area contributed by atoms with Gasteiger partial charge in [0.15, 0.2) is 0 Å². The van der Waals surface area contributed by atoms with E-state index in [0.717, 1.165) is 18.8 Å². The summed E-state index contributed by atoms with van der Waals surface area (Å²) in [5.74, 6) is -0.649. The highest BCUT2D eigenvalue weighted by Gasteiger charge is 2.25. The average molecular weight is 270 g/mol. The van der Waals surface area contributed by atoms with Gasteiger partial charge in [-0.25, -0.2) is 4.79 Å². The SMILES string of the molecule is CCC(CC1CC1)NC(=O)NC(=O)CCCC(=O)O. The number of rotatable bonds is 8. The van der Waals surface area contributed by atoms with Crippen LogP contribution in [0.4, 0.5) is 4.79 Å². The van der Waals surface area contributed by atoms with Crippen LogP contribution in [-0.2, 0) is 9.59 Å². The summed E-state index contributed by atoms with van der Waals surface area (Å²) in [5.41, 5.74) is 0. The van der Waals surface area contributed by atoms with Gasteiger partial charge in [0, 0.05) is 18.9 Å². The third-order valence-corrected chi connectivity index (χ3v) is 3.19. The molecule has 0 aliphatic heterocycles. The van der Waals surface area contributed by atoms with Gasteiger partial charge in [0.25, 0.3) is 0 Å². The number of carbonyl (C=O) groups is 3. The van der Waals surface area contributed by atoms with Crippen LogP contribution in [0.2, 0.25) is 0 Å². The van der Waals surface area contributed by atoms with Crippen LogP contribution in [0.25, 0.3) is 0 Å². The fourth-order valence-electron chi connectivity index (χ4n) is 1.89. The lowest BCUT2D eigenvalue weighted by Crippen LogP contribution is -2.44. The van der Waals surface area contributed by atoms with E-state index in [1.165, 1.54) is 12.8 Å². The molecule has 108 valence electrons. The Morgan fingerprint density at radius 3 is 2.47 bits per heavy atom. The fraction of sp³-hybridized carbons (Fsp3) is 0.769. The normalized spacial score (nSPS) is 15.6. The van der Waals surface area contributed by atoms with Crippen molar-refractivity contribution in [1.29, 1.82) is 0 Å². The predicted molar refractivity (Wildman–Crippen MR) is 69.6 cm³/mol. The molecule has 0 spiro atoms. The first kappa shape index (κ1) is 15.5.